The van der Waals surface area contributed by atoms with Gasteiger partial charge in [0.1, 0.15) is 5.66 Å². The Kier molecular flexibility index (Phi) is 3.23. The van der Waals surface area contributed by atoms with Crippen LogP contribution in [0.4, 0.5) is 0 Å². The van der Waals surface area contributed by atoms with Crippen LogP contribution >= 0.6 is 7.60 Å². The summed E-state index contributed by atoms with van der Waals surface area (Å²) in [5.74, 6) is -0.557. The zero-order chi connectivity index (χ0) is 9.23. The fourth-order valence-corrected chi connectivity index (χ4v) is 1.04. The van der Waals surface area contributed by atoms with E-state index in [9.17, 15) is 9.36 Å². The first-order valence-corrected chi connectivity index (χ1v) is 4.71. The van der Waals surface area contributed by atoms with Gasteiger partial charge in [-0.25, -0.2) is 0 Å². The van der Waals surface area contributed by atoms with Crippen molar-refractivity contribution in [3.8, 4) is 0 Å². The van der Waals surface area contributed by atoms with E-state index < -0.39 is 19.2 Å². The van der Waals surface area contributed by atoms with Gasteiger partial charge in [0.25, 0.3) is 0 Å². The van der Waals surface area contributed by atoms with Crippen LogP contribution < -0.4 is 0 Å². The second-order valence-electron chi connectivity index (χ2n) is 2.50. The van der Waals surface area contributed by atoms with Crippen molar-refractivity contribution in [2.75, 3.05) is 14.1 Å². The monoisotopic (exact) mass is 181 g/mol. The highest BCUT2D eigenvalue weighted by Gasteiger charge is 2.31. The van der Waals surface area contributed by atoms with Gasteiger partial charge in [0.15, 0.2) is 0 Å². The van der Waals surface area contributed by atoms with Crippen LogP contribution in [0.15, 0.2) is 0 Å². The molecule has 6 heteroatoms. The van der Waals surface area contributed by atoms with Gasteiger partial charge in [-0.2, -0.15) is 0 Å². The second kappa shape index (κ2) is 3.34. The SMILES string of the molecule is CC(C(=O)N(C)C)P(=O)(O)O. The molecular formula is C5H12NO4P. The lowest BCUT2D eigenvalue weighted by molar-refractivity contribution is -0.128. The fourth-order valence-electron chi connectivity index (χ4n) is 0.518. The predicted octanol–water partition coefficient (Wildman–Crippen LogP) is -0.359. The van der Waals surface area contributed by atoms with Crippen LogP contribution in [0.3, 0.4) is 0 Å². The normalized spacial score (nSPS) is 14.3. The molecule has 0 rings (SSSR count). The summed E-state index contributed by atoms with van der Waals surface area (Å²) in [5.41, 5.74) is -1.24. The van der Waals surface area contributed by atoms with Crippen molar-refractivity contribution in [3.63, 3.8) is 0 Å². The number of nitrogens with zero attached hydrogens (tertiary/aromatic N) is 1. The Morgan fingerprint density at radius 2 is 1.82 bits per heavy atom. The number of amides is 1. The number of carbonyl (C=O) groups is 1. The van der Waals surface area contributed by atoms with Gasteiger partial charge in [0.05, 0.1) is 0 Å². The molecule has 0 fully saturated rings. The summed E-state index contributed by atoms with van der Waals surface area (Å²) < 4.78 is 10.5. The van der Waals surface area contributed by atoms with Gasteiger partial charge in [0.2, 0.25) is 5.91 Å². The molecule has 0 aromatic heterocycles. The first-order valence-electron chi connectivity index (χ1n) is 3.03. The molecular weight excluding hydrogens is 169 g/mol. The lowest BCUT2D eigenvalue weighted by Crippen LogP contribution is -2.31. The van der Waals surface area contributed by atoms with Gasteiger partial charge >= 0.3 is 7.60 Å². The van der Waals surface area contributed by atoms with Crippen LogP contribution in [0.5, 0.6) is 0 Å². The quantitative estimate of drug-likeness (QED) is 0.570. The average molecular weight is 181 g/mol. The van der Waals surface area contributed by atoms with Crippen molar-refractivity contribution < 1.29 is 19.1 Å². The molecule has 1 atom stereocenters. The van der Waals surface area contributed by atoms with Crippen molar-refractivity contribution in [3.05, 3.63) is 0 Å². The van der Waals surface area contributed by atoms with Crippen molar-refractivity contribution >= 4 is 13.5 Å². The maximum Gasteiger partial charge on any atom is 0.337 e. The van der Waals surface area contributed by atoms with Gasteiger partial charge in [-0.1, -0.05) is 0 Å². The molecule has 0 spiro atoms. The van der Waals surface area contributed by atoms with Gasteiger partial charge in [-0.05, 0) is 6.92 Å². The molecule has 0 heterocycles. The van der Waals surface area contributed by atoms with E-state index >= 15 is 0 Å². The molecule has 0 radical (unpaired) electrons. The van der Waals surface area contributed by atoms with Gasteiger partial charge in [-0.15, -0.1) is 0 Å². The fraction of sp³-hybridized carbons (Fsp3) is 0.800. The molecule has 0 aromatic rings. The third-order valence-electron chi connectivity index (χ3n) is 1.30. The molecule has 11 heavy (non-hydrogen) atoms. The molecule has 0 aromatic carbocycles. The molecule has 0 bridgehead atoms. The van der Waals surface area contributed by atoms with E-state index in [1.807, 2.05) is 0 Å². The molecule has 0 saturated heterocycles. The summed E-state index contributed by atoms with van der Waals surface area (Å²) in [4.78, 5) is 29.2. The first-order chi connectivity index (χ1) is 4.76. The predicted molar refractivity (Wildman–Crippen MR) is 40.2 cm³/mol. The highest BCUT2D eigenvalue weighted by atomic mass is 31.2. The summed E-state index contributed by atoms with van der Waals surface area (Å²) in [5, 5.41) is 0. The van der Waals surface area contributed by atoms with E-state index in [1.165, 1.54) is 21.0 Å². The molecule has 5 nitrogen and oxygen atoms in total. The highest BCUT2D eigenvalue weighted by Crippen LogP contribution is 2.41. The summed E-state index contributed by atoms with van der Waals surface area (Å²) in [6.45, 7) is 1.21. The second-order valence-corrected chi connectivity index (χ2v) is 4.45. The molecule has 0 aliphatic heterocycles. The van der Waals surface area contributed by atoms with E-state index in [0.717, 1.165) is 4.90 Å². The molecule has 0 saturated carbocycles. The van der Waals surface area contributed by atoms with Crippen LogP contribution in [-0.4, -0.2) is 40.3 Å². The van der Waals surface area contributed by atoms with Crippen LogP contribution in [0.25, 0.3) is 0 Å². The van der Waals surface area contributed by atoms with Gasteiger partial charge in [0, 0.05) is 14.1 Å². The van der Waals surface area contributed by atoms with Crippen molar-refractivity contribution in [1.82, 2.24) is 4.90 Å². The Morgan fingerprint density at radius 1 is 1.45 bits per heavy atom. The topological polar surface area (TPSA) is 77.8 Å². The first kappa shape index (κ1) is 10.6. The Bertz CT molecular complexity index is 197. The number of carbonyl (C=O) groups excluding carboxylic acids is 1. The van der Waals surface area contributed by atoms with E-state index in [-0.39, 0.29) is 0 Å². The minimum absolute atomic E-state index is 0.557. The van der Waals surface area contributed by atoms with Crippen LogP contribution in [0.1, 0.15) is 6.92 Å². The number of hydrogen-bond acceptors (Lipinski definition) is 2. The summed E-state index contributed by atoms with van der Waals surface area (Å²) in [6, 6.07) is 0. The van der Waals surface area contributed by atoms with E-state index in [2.05, 4.69) is 0 Å². The van der Waals surface area contributed by atoms with Crippen molar-refractivity contribution in [1.29, 1.82) is 0 Å². The summed E-state index contributed by atoms with van der Waals surface area (Å²) in [6.07, 6.45) is 0. The lowest BCUT2D eigenvalue weighted by atomic mass is 10.4. The third-order valence-corrected chi connectivity index (χ3v) is 2.53. The van der Waals surface area contributed by atoms with Gasteiger partial charge < -0.3 is 14.7 Å². The molecule has 1 amide bonds. The minimum Gasteiger partial charge on any atom is -0.348 e. The standard InChI is InChI=1S/C5H12NO4P/c1-4(11(8,9)10)5(7)6(2)3/h4H,1-3H3,(H2,8,9,10). The van der Waals surface area contributed by atoms with E-state index in [0.29, 0.717) is 0 Å². The Hall–Kier alpha value is -0.380. The smallest absolute Gasteiger partial charge is 0.337 e. The summed E-state index contributed by atoms with van der Waals surface area (Å²) in [7, 11) is -1.35. The van der Waals surface area contributed by atoms with Crippen LogP contribution in [-0.2, 0) is 9.36 Å². The Morgan fingerprint density at radius 3 is 1.91 bits per heavy atom. The maximum absolute atomic E-state index is 10.9. The Labute approximate surface area is 65.2 Å². The summed E-state index contributed by atoms with van der Waals surface area (Å²) >= 11 is 0. The maximum atomic E-state index is 10.9. The van der Waals surface area contributed by atoms with Crippen LogP contribution in [0, 0.1) is 0 Å². The van der Waals surface area contributed by atoms with Gasteiger partial charge in [-0.3, -0.25) is 9.36 Å². The molecule has 2 N–H and O–H groups in total. The third kappa shape index (κ3) is 3.01. The molecule has 0 aliphatic carbocycles. The average Bonchev–Trinajstić information content (AvgIpc) is 1.82. The molecule has 1 unspecified atom stereocenters. The van der Waals surface area contributed by atoms with E-state index in [4.69, 9.17) is 9.79 Å². The Balaban J connectivity index is 4.39. The highest BCUT2D eigenvalue weighted by molar-refractivity contribution is 7.53. The van der Waals surface area contributed by atoms with E-state index in [1.54, 1.807) is 0 Å². The largest absolute Gasteiger partial charge is 0.348 e. The number of rotatable bonds is 2. The molecule has 66 valence electrons. The minimum atomic E-state index is -4.26. The molecule has 0 aliphatic rings. The lowest BCUT2D eigenvalue weighted by Gasteiger charge is -2.17. The zero-order valence-corrected chi connectivity index (χ0v) is 7.58. The van der Waals surface area contributed by atoms with Crippen molar-refractivity contribution in [2.24, 2.45) is 0 Å². The van der Waals surface area contributed by atoms with Crippen LogP contribution in [0.2, 0.25) is 0 Å². The zero-order valence-electron chi connectivity index (χ0n) is 6.68. The number of hydrogen-bond donors (Lipinski definition) is 2. The van der Waals surface area contributed by atoms with Crippen molar-refractivity contribution in [2.45, 2.75) is 12.6 Å².